The van der Waals surface area contributed by atoms with Crippen molar-refractivity contribution in [3.8, 4) is 0 Å². The molecule has 0 aromatic heterocycles. The van der Waals surface area contributed by atoms with E-state index in [1.807, 2.05) is 20.8 Å². The monoisotopic (exact) mass is 670 g/mol. The van der Waals surface area contributed by atoms with E-state index in [0.717, 1.165) is 26.1 Å². The van der Waals surface area contributed by atoms with Gasteiger partial charge < -0.3 is 57.8 Å². The molecule has 0 rings (SSSR count). The van der Waals surface area contributed by atoms with E-state index in [-0.39, 0.29) is 13.0 Å². The van der Waals surface area contributed by atoms with Gasteiger partial charge in [0.05, 0.1) is 119 Å². The van der Waals surface area contributed by atoms with E-state index in [4.69, 9.17) is 52.5 Å². The van der Waals surface area contributed by atoms with Gasteiger partial charge in [0, 0.05) is 32.8 Å². The molecule has 0 unspecified atom stereocenters. The molecular formula is C31H62N2O13. The number of hydrogen-bond acceptors (Lipinski definition) is 13. The van der Waals surface area contributed by atoms with Crippen LogP contribution in [0.4, 0.5) is 4.79 Å². The fraction of sp³-hybridized carbons (Fsp3) is 0.935. The summed E-state index contributed by atoms with van der Waals surface area (Å²) in [6.07, 6.45) is 0.525. The minimum atomic E-state index is -0.880. The van der Waals surface area contributed by atoms with E-state index in [1.165, 1.54) is 0 Å². The number of nitrogens with zero attached hydrogens (tertiary/aromatic N) is 1. The molecule has 0 aliphatic rings. The van der Waals surface area contributed by atoms with Crippen molar-refractivity contribution < 1.29 is 62.1 Å². The van der Waals surface area contributed by atoms with E-state index in [0.29, 0.717) is 119 Å². The van der Waals surface area contributed by atoms with Crippen molar-refractivity contribution >= 4 is 12.1 Å². The van der Waals surface area contributed by atoms with Gasteiger partial charge in [0.1, 0.15) is 5.60 Å². The van der Waals surface area contributed by atoms with E-state index in [2.05, 4.69) is 17.1 Å². The van der Waals surface area contributed by atoms with Crippen LogP contribution in [0.3, 0.4) is 0 Å². The van der Waals surface area contributed by atoms with Gasteiger partial charge in [-0.05, 0) is 27.2 Å². The third-order valence-electron chi connectivity index (χ3n) is 5.61. The van der Waals surface area contributed by atoms with Crippen molar-refractivity contribution in [2.45, 2.75) is 46.1 Å². The van der Waals surface area contributed by atoms with Gasteiger partial charge >= 0.3 is 12.1 Å². The van der Waals surface area contributed by atoms with Crippen molar-refractivity contribution in [2.24, 2.45) is 0 Å². The third-order valence-corrected chi connectivity index (χ3v) is 5.61. The highest BCUT2D eigenvalue weighted by Crippen LogP contribution is 2.06. The molecule has 15 heteroatoms. The van der Waals surface area contributed by atoms with E-state index in [9.17, 15) is 9.59 Å². The average molecular weight is 671 g/mol. The Morgan fingerprint density at radius 2 is 0.891 bits per heavy atom. The van der Waals surface area contributed by atoms with Crippen molar-refractivity contribution in [3.05, 3.63) is 0 Å². The number of alkyl carbamates (subject to hydrolysis) is 1. The van der Waals surface area contributed by atoms with Crippen molar-refractivity contribution in [3.63, 3.8) is 0 Å². The first-order valence-corrected chi connectivity index (χ1v) is 16.3. The zero-order valence-corrected chi connectivity index (χ0v) is 28.8. The lowest BCUT2D eigenvalue weighted by Gasteiger charge is -2.22. The summed E-state index contributed by atoms with van der Waals surface area (Å²) in [5.41, 5.74) is -0.525. The van der Waals surface area contributed by atoms with Crippen LogP contribution in [0.25, 0.3) is 0 Å². The maximum Gasteiger partial charge on any atom is 0.407 e. The molecule has 0 fully saturated rings. The zero-order chi connectivity index (χ0) is 34.0. The minimum absolute atomic E-state index is 0.0134. The Balaban J connectivity index is 3.96. The van der Waals surface area contributed by atoms with Crippen LogP contribution in [0.1, 0.15) is 40.5 Å². The predicted octanol–water partition coefficient (Wildman–Crippen LogP) is 1.85. The number of carboxylic acid groups (broad SMARTS) is 1. The number of hydrogen-bond donors (Lipinski definition) is 2. The Morgan fingerprint density at radius 1 is 0.543 bits per heavy atom. The first-order chi connectivity index (χ1) is 22.2. The second-order valence-corrected chi connectivity index (χ2v) is 10.9. The molecule has 0 aromatic rings. The fourth-order valence-corrected chi connectivity index (χ4v) is 3.39. The van der Waals surface area contributed by atoms with Crippen molar-refractivity contribution in [1.29, 1.82) is 0 Å². The number of carboxylic acids is 1. The number of rotatable bonds is 35. The maximum absolute atomic E-state index is 11.6. The number of amides is 1. The molecule has 0 aromatic carbocycles. The van der Waals surface area contributed by atoms with Gasteiger partial charge in [-0.1, -0.05) is 6.92 Å². The molecular weight excluding hydrogens is 608 g/mol. The van der Waals surface area contributed by atoms with Crippen LogP contribution in [0.5, 0.6) is 0 Å². The molecule has 1 amide bonds. The molecule has 0 bridgehead atoms. The molecule has 2 N–H and O–H groups in total. The van der Waals surface area contributed by atoms with Crippen molar-refractivity contribution in [1.82, 2.24) is 10.2 Å². The van der Waals surface area contributed by atoms with Crippen LogP contribution < -0.4 is 5.32 Å². The number of ether oxygens (including phenoxy) is 10. The van der Waals surface area contributed by atoms with E-state index >= 15 is 0 Å². The van der Waals surface area contributed by atoms with Gasteiger partial charge in [-0.15, -0.1) is 0 Å². The standard InChI is InChI=1S/C31H62N2O13/c1-5-11-37-17-23-43-26-20-40-14-8-33(9-15-41-21-27-44-24-18-38-12-6-29(34)35)10-16-42-22-28-45-25-19-39-13-7-32-30(36)46-31(2,3)4/h5-28H2,1-4H3,(H,32,36)(H,34,35). The molecule has 0 saturated heterocycles. The van der Waals surface area contributed by atoms with Gasteiger partial charge in [-0.2, -0.15) is 0 Å². The lowest BCUT2D eigenvalue weighted by atomic mass is 10.2. The molecule has 46 heavy (non-hydrogen) atoms. The summed E-state index contributed by atoms with van der Waals surface area (Å²) in [7, 11) is 0. The number of aliphatic carboxylic acids is 1. The van der Waals surface area contributed by atoms with Crippen LogP contribution in [0, 0.1) is 0 Å². The normalized spacial score (nSPS) is 11.8. The van der Waals surface area contributed by atoms with E-state index in [1.54, 1.807) is 0 Å². The smallest absolute Gasteiger partial charge is 0.407 e. The van der Waals surface area contributed by atoms with Crippen LogP contribution in [0.2, 0.25) is 0 Å². The second kappa shape index (κ2) is 33.2. The Hall–Kier alpha value is -1.66. The largest absolute Gasteiger partial charge is 0.481 e. The molecule has 0 atom stereocenters. The summed E-state index contributed by atoms with van der Waals surface area (Å²) in [6.45, 7) is 18.6. The Labute approximate surface area is 275 Å². The SMILES string of the molecule is CCCOCCOCCOCCN(CCOCCOCCOCCNC(=O)OC(C)(C)C)CCOCCOCCOCCC(=O)O. The Morgan fingerprint density at radius 3 is 1.26 bits per heavy atom. The number of carbonyl (C=O) groups excluding carboxylic acids is 1. The number of carbonyl (C=O) groups is 2. The second-order valence-electron chi connectivity index (χ2n) is 10.9. The topological polar surface area (TPSA) is 162 Å². The summed E-state index contributed by atoms with van der Waals surface area (Å²) in [6, 6.07) is 0. The molecule has 0 aliphatic heterocycles. The highest BCUT2D eigenvalue weighted by atomic mass is 16.6. The molecule has 0 spiro atoms. The average Bonchev–Trinajstić information content (AvgIpc) is 2.99. The molecule has 0 saturated carbocycles. The van der Waals surface area contributed by atoms with Gasteiger partial charge in [-0.25, -0.2) is 4.79 Å². The van der Waals surface area contributed by atoms with Gasteiger partial charge in [0.15, 0.2) is 0 Å². The van der Waals surface area contributed by atoms with E-state index < -0.39 is 17.7 Å². The maximum atomic E-state index is 11.6. The minimum Gasteiger partial charge on any atom is -0.481 e. The summed E-state index contributed by atoms with van der Waals surface area (Å²) in [5.74, 6) is -0.880. The summed E-state index contributed by atoms with van der Waals surface area (Å²) in [5, 5.41) is 11.2. The van der Waals surface area contributed by atoms with Crippen LogP contribution in [-0.4, -0.2) is 173 Å². The zero-order valence-electron chi connectivity index (χ0n) is 28.8. The molecule has 274 valence electrons. The van der Waals surface area contributed by atoms with Crippen LogP contribution >= 0.6 is 0 Å². The lowest BCUT2D eigenvalue weighted by molar-refractivity contribution is -0.138. The third kappa shape index (κ3) is 36.8. The number of nitrogens with one attached hydrogen (secondary N) is 1. The molecule has 15 nitrogen and oxygen atoms in total. The van der Waals surface area contributed by atoms with Crippen molar-refractivity contribution in [2.75, 3.05) is 145 Å². The Bertz CT molecular complexity index is 683. The Kier molecular flexibility index (Phi) is 32.0. The quantitative estimate of drug-likeness (QED) is 0.0940. The molecule has 0 heterocycles. The fourth-order valence-electron chi connectivity index (χ4n) is 3.39. The van der Waals surface area contributed by atoms with Gasteiger partial charge in [0.25, 0.3) is 0 Å². The highest BCUT2D eigenvalue weighted by molar-refractivity contribution is 5.67. The molecule has 0 aliphatic carbocycles. The highest BCUT2D eigenvalue weighted by Gasteiger charge is 2.15. The van der Waals surface area contributed by atoms with Gasteiger partial charge in [0.2, 0.25) is 0 Å². The van der Waals surface area contributed by atoms with Crippen LogP contribution in [-0.2, 0) is 52.2 Å². The predicted molar refractivity (Wildman–Crippen MR) is 171 cm³/mol. The summed E-state index contributed by atoms with van der Waals surface area (Å²) in [4.78, 5) is 24.2. The molecule has 0 radical (unpaired) electrons. The van der Waals surface area contributed by atoms with Gasteiger partial charge in [-0.3, -0.25) is 9.69 Å². The first-order valence-electron chi connectivity index (χ1n) is 16.3. The summed E-state index contributed by atoms with van der Waals surface area (Å²) >= 11 is 0. The first kappa shape index (κ1) is 44.3. The summed E-state index contributed by atoms with van der Waals surface area (Å²) < 4.78 is 54.9. The lowest BCUT2D eigenvalue weighted by Crippen LogP contribution is -2.34. The van der Waals surface area contributed by atoms with Crippen LogP contribution in [0.15, 0.2) is 0 Å².